The van der Waals surface area contributed by atoms with Gasteiger partial charge in [-0.3, -0.25) is 0 Å². The summed E-state index contributed by atoms with van der Waals surface area (Å²) in [5.74, 6) is 0.523. The summed E-state index contributed by atoms with van der Waals surface area (Å²) in [7, 11) is 2.97. The molecular formula is C11H15FO3S. The van der Waals surface area contributed by atoms with E-state index in [1.807, 2.05) is 0 Å². The summed E-state index contributed by atoms with van der Waals surface area (Å²) in [6.07, 6.45) is 2.11. The van der Waals surface area contributed by atoms with Crippen LogP contribution in [-0.2, 0) is 6.42 Å². The normalized spacial score (nSPS) is 10.3. The molecule has 0 aliphatic heterocycles. The number of thioether (sulfide) groups is 1. The maximum Gasteiger partial charge on any atom is 0.177 e. The van der Waals surface area contributed by atoms with Gasteiger partial charge in [-0.15, -0.1) is 11.8 Å². The summed E-state index contributed by atoms with van der Waals surface area (Å²) in [4.78, 5) is 0.418. The predicted molar refractivity (Wildman–Crippen MR) is 62.1 cm³/mol. The van der Waals surface area contributed by atoms with Gasteiger partial charge in [0.15, 0.2) is 11.5 Å². The van der Waals surface area contributed by atoms with Gasteiger partial charge < -0.3 is 14.6 Å². The fourth-order valence-corrected chi connectivity index (χ4v) is 2.16. The topological polar surface area (TPSA) is 38.7 Å². The maximum atomic E-state index is 13.7. The molecular weight excluding hydrogens is 231 g/mol. The highest BCUT2D eigenvalue weighted by molar-refractivity contribution is 7.98. The average molecular weight is 246 g/mol. The van der Waals surface area contributed by atoms with E-state index in [2.05, 4.69) is 0 Å². The van der Waals surface area contributed by atoms with Gasteiger partial charge in [-0.05, 0) is 18.7 Å². The molecule has 1 rings (SSSR count). The van der Waals surface area contributed by atoms with Crippen LogP contribution in [0, 0.1) is 5.82 Å². The van der Waals surface area contributed by atoms with Gasteiger partial charge in [-0.2, -0.15) is 0 Å². The van der Waals surface area contributed by atoms with Crippen LogP contribution in [0.15, 0.2) is 11.0 Å². The lowest BCUT2D eigenvalue weighted by atomic mass is 10.1. The molecule has 1 aromatic rings. The van der Waals surface area contributed by atoms with E-state index in [0.717, 1.165) is 0 Å². The van der Waals surface area contributed by atoms with Gasteiger partial charge in [0.1, 0.15) is 5.82 Å². The van der Waals surface area contributed by atoms with Crippen molar-refractivity contribution in [1.29, 1.82) is 0 Å². The van der Waals surface area contributed by atoms with Crippen molar-refractivity contribution in [1.82, 2.24) is 0 Å². The Morgan fingerprint density at radius 1 is 1.31 bits per heavy atom. The van der Waals surface area contributed by atoms with Crippen LogP contribution in [-0.4, -0.2) is 32.2 Å². The Balaban J connectivity index is 3.37. The molecule has 0 amide bonds. The van der Waals surface area contributed by atoms with Crippen LogP contribution in [0.3, 0.4) is 0 Å². The molecule has 0 heterocycles. The molecule has 0 saturated carbocycles. The first-order valence-corrected chi connectivity index (χ1v) is 6.00. The van der Waals surface area contributed by atoms with Crippen molar-refractivity contribution >= 4 is 11.8 Å². The Kier molecular flexibility index (Phi) is 4.89. The van der Waals surface area contributed by atoms with E-state index in [0.29, 0.717) is 28.4 Å². The zero-order valence-corrected chi connectivity index (χ0v) is 10.4. The molecule has 0 fully saturated rings. The van der Waals surface area contributed by atoms with Gasteiger partial charge >= 0.3 is 0 Å². The zero-order chi connectivity index (χ0) is 12.1. The summed E-state index contributed by atoms with van der Waals surface area (Å²) in [5, 5.41) is 8.90. The second-order valence-corrected chi connectivity index (χ2v) is 3.91. The van der Waals surface area contributed by atoms with Crippen molar-refractivity contribution in [3.63, 3.8) is 0 Å². The highest BCUT2D eigenvalue weighted by atomic mass is 32.2. The molecule has 90 valence electrons. The standard InChI is InChI=1S/C11H15FO3S/c1-14-9-7(4-5-13)6-8(12)11(16-3)10(9)15-2/h6,13H,4-5H2,1-3H3. The smallest absolute Gasteiger partial charge is 0.177 e. The van der Waals surface area contributed by atoms with E-state index in [1.54, 1.807) is 6.26 Å². The fraction of sp³-hybridized carbons (Fsp3) is 0.455. The quantitative estimate of drug-likeness (QED) is 0.807. The molecule has 0 aliphatic rings. The van der Waals surface area contributed by atoms with E-state index in [9.17, 15) is 4.39 Å². The summed E-state index contributed by atoms with van der Waals surface area (Å²) >= 11 is 1.26. The number of hydrogen-bond donors (Lipinski definition) is 1. The fourth-order valence-electron chi connectivity index (χ4n) is 1.55. The van der Waals surface area contributed by atoms with Crippen LogP contribution in [0.25, 0.3) is 0 Å². The second-order valence-electron chi connectivity index (χ2n) is 3.09. The lowest BCUT2D eigenvalue weighted by molar-refractivity contribution is 0.293. The predicted octanol–water partition coefficient (Wildman–Crippen LogP) is 2.10. The van der Waals surface area contributed by atoms with Crippen LogP contribution >= 0.6 is 11.8 Å². The van der Waals surface area contributed by atoms with Crippen molar-refractivity contribution < 1.29 is 19.0 Å². The summed E-state index contributed by atoms with van der Waals surface area (Å²) < 4.78 is 24.1. The van der Waals surface area contributed by atoms with Crippen LogP contribution in [0.4, 0.5) is 4.39 Å². The van der Waals surface area contributed by atoms with Gasteiger partial charge in [0.25, 0.3) is 0 Å². The van der Waals surface area contributed by atoms with Crippen molar-refractivity contribution in [2.75, 3.05) is 27.1 Å². The van der Waals surface area contributed by atoms with Crippen molar-refractivity contribution in [2.45, 2.75) is 11.3 Å². The van der Waals surface area contributed by atoms with E-state index in [4.69, 9.17) is 14.6 Å². The number of aliphatic hydroxyl groups excluding tert-OH is 1. The number of benzene rings is 1. The minimum absolute atomic E-state index is 0.0580. The van der Waals surface area contributed by atoms with Gasteiger partial charge in [0, 0.05) is 12.2 Å². The third-order valence-electron chi connectivity index (χ3n) is 2.22. The molecule has 0 atom stereocenters. The Hall–Kier alpha value is -0.940. The van der Waals surface area contributed by atoms with E-state index < -0.39 is 0 Å². The van der Waals surface area contributed by atoms with Crippen molar-refractivity contribution in [3.05, 3.63) is 17.4 Å². The van der Waals surface area contributed by atoms with E-state index >= 15 is 0 Å². The lowest BCUT2D eigenvalue weighted by Gasteiger charge is -2.15. The molecule has 1 aromatic carbocycles. The van der Waals surface area contributed by atoms with Gasteiger partial charge in [-0.25, -0.2) is 4.39 Å². The van der Waals surface area contributed by atoms with Crippen LogP contribution in [0.5, 0.6) is 11.5 Å². The Morgan fingerprint density at radius 3 is 2.38 bits per heavy atom. The number of hydrogen-bond acceptors (Lipinski definition) is 4. The second kappa shape index (κ2) is 5.96. The van der Waals surface area contributed by atoms with Gasteiger partial charge in [0.2, 0.25) is 0 Å². The average Bonchev–Trinajstić information content (AvgIpc) is 2.28. The first-order valence-electron chi connectivity index (χ1n) is 4.77. The molecule has 0 aliphatic carbocycles. The molecule has 16 heavy (non-hydrogen) atoms. The SMILES string of the molecule is COc1c(CCO)cc(F)c(SC)c1OC. The first kappa shape index (κ1) is 13.1. The zero-order valence-electron chi connectivity index (χ0n) is 9.54. The molecule has 0 bridgehead atoms. The third kappa shape index (κ3) is 2.41. The molecule has 5 heteroatoms. The number of aliphatic hydroxyl groups is 1. The first-order chi connectivity index (χ1) is 7.69. The molecule has 1 N–H and O–H groups in total. The minimum atomic E-state index is -0.353. The van der Waals surface area contributed by atoms with Crippen molar-refractivity contribution in [3.8, 4) is 11.5 Å². The summed E-state index contributed by atoms with van der Waals surface area (Å²) in [6.45, 7) is -0.0580. The molecule has 0 unspecified atom stereocenters. The third-order valence-corrected chi connectivity index (χ3v) is 3.00. The summed E-state index contributed by atoms with van der Waals surface area (Å²) in [6, 6.07) is 1.38. The van der Waals surface area contributed by atoms with Crippen LogP contribution in [0.2, 0.25) is 0 Å². The summed E-state index contributed by atoms with van der Waals surface area (Å²) in [5.41, 5.74) is 0.608. The Labute approximate surface area is 98.6 Å². The molecule has 3 nitrogen and oxygen atoms in total. The monoisotopic (exact) mass is 246 g/mol. The van der Waals surface area contributed by atoms with Crippen molar-refractivity contribution in [2.24, 2.45) is 0 Å². The number of ether oxygens (including phenoxy) is 2. The highest BCUT2D eigenvalue weighted by Gasteiger charge is 2.18. The Bertz CT molecular complexity index is 369. The molecule has 0 aromatic heterocycles. The molecule has 0 saturated heterocycles. The highest BCUT2D eigenvalue weighted by Crippen LogP contribution is 2.41. The lowest BCUT2D eigenvalue weighted by Crippen LogP contribution is -2.02. The van der Waals surface area contributed by atoms with Crippen LogP contribution in [0.1, 0.15) is 5.56 Å². The van der Waals surface area contributed by atoms with E-state index in [1.165, 1.54) is 32.0 Å². The maximum absolute atomic E-state index is 13.7. The molecule has 0 radical (unpaired) electrons. The number of halogens is 1. The van der Waals surface area contributed by atoms with E-state index in [-0.39, 0.29) is 12.4 Å². The Morgan fingerprint density at radius 2 is 1.94 bits per heavy atom. The molecule has 0 spiro atoms. The largest absolute Gasteiger partial charge is 0.493 e. The number of rotatable bonds is 5. The van der Waals surface area contributed by atoms with Gasteiger partial charge in [-0.1, -0.05) is 0 Å². The van der Waals surface area contributed by atoms with Gasteiger partial charge in [0.05, 0.1) is 19.1 Å². The minimum Gasteiger partial charge on any atom is -0.493 e. The van der Waals surface area contributed by atoms with Crippen LogP contribution < -0.4 is 9.47 Å². The number of methoxy groups -OCH3 is 2.